The van der Waals surface area contributed by atoms with Gasteiger partial charge in [0, 0.05) is 0 Å². The van der Waals surface area contributed by atoms with Crippen molar-refractivity contribution in [3.05, 3.63) is 0 Å². The maximum atomic E-state index is 8.50. The molecule has 0 aliphatic carbocycles. The fourth-order valence-electron chi connectivity index (χ4n) is 0. The molecule has 7 heteroatoms. The second kappa shape index (κ2) is 15.6. The molecule has 0 spiro atoms. The largest absolute Gasteiger partial charge is 1.00 e. The Balaban J connectivity index is -0.0000000183. The van der Waals surface area contributed by atoms with Crippen LogP contribution in [0, 0.1) is 0 Å². The summed E-state index contributed by atoms with van der Waals surface area (Å²) >= 11 is 0. The van der Waals surface area contributed by atoms with Crippen molar-refractivity contribution in [2.24, 2.45) is 0 Å². The quantitative estimate of drug-likeness (QED) is 0.252. The molecule has 0 bridgehead atoms. The Morgan fingerprint density at radius 3 is 1.14 bits per heavy atom. The van der Waals surface area contributed by atoms with Gasteiger partial charge in [-0.25, -0.2) is 5.31 Å². The molecule has 0 atom stereocenters. The van der Waals surface area contributed by atoms with E-state index in [-0.39, 0.29) is 52.8 Å². The van der Waals surface area contributed by atoms with Crippen molar-refractivity contribution in [3.8, 4) is 0 Å². The van der Waals surface area contributed by atoms with Crippen LogP contribution in [0.5, 0.6) is 0 Å². The predicted octanol–water partition coefficient (Wildman–Crippen LogP) is -5.07. The SMILES string of the molecule is OB(O)O.OF.[H-].[K+]. The van der Waals surface area contributed by atoms with Gasteiger partial charge < -0.3 is 16.5 Å². The summed E-state index contributed by atoms with van der Waals surface area (Å²) < 4.78 is 8.50. The first-order valence-corrected chi connectivity index (χ1v) is 0.944. The van der Waals surface area contributed by atoms with Gasteiger partial charge in [-0.3, -0.25) is 0 Å². The van der Waals surface area contributed by atoms with Gasteiger partial charge in [0.25, 0.3) is 0 Å². The standard InChI is InChI=1S/BH3O3.FHO.K.H/c2-1(3)4;1-2;;/h2-4H;2H;;/q;;+1;-1. The van der Waals surface area contributed by atoms with E-state index in [1.165, 1.54) is 0 Å². The third-order valence-corrected chi connectivity index (χ3v) is 0. The maximum Gasteiger partial charge on any atom is 1.00 e. The van der Waals surface area contributed by atoms with Crippen LogP contribution in [0.2, 0.25) is 0 Å². The van der Waals surface area contributed by atoms with Crippen LogP contribution < -0.4 is 51.4 Å². The minimum absolute atomic E-state index is 0. The summed E-state index contributed by atoms with van der Waals surface area (Å²) in [5.41, 5.74) is 0. The molecule has 0 rings (SSSR count). The third kappa shape index (κ3) is 103. The Labute approximate surface area is 84.0 Å². The van der Waals surface area contributed by atoms with E-state index in [0.717, 1.165) is 0 Å². The molecule has 0 saturated heterocycles. The van der Waals surface area contributed by atoms with Gasteiger partial charge in [-0.15, -0.1) is 0 Å². The van der Waals surface area contributed by atoms with Gasteiger partial charge >= 0.3 is 58.7 Å². The summed E-state index contributed by atoms with van der Waals surface area (Å²) in [5.74, 6) is 0. The number of halogens is 1. The van der Waals surface area contributed by atoms with Crippen molar-refractivity contribution >= 4 is 7.32 Å². The number of rotatable bonds is 0. The molecule has 7 heavy (non-hydrogen) atoms. The van der Waals surface area contributed by atoms with E-state index in [9.17, 15) is 0 Å². The molecule has 0 aromatic rings. The number of hydrogen-bond acceptors (Lipinski definition) is 4. The maximum absolute atomic E-state index is 8.50. The normalized spacial score (nSPS) is 4.71. The van der Waals surface area contributed by atoms with Crippen LogP contribution in [0.4, 0.5) is 4.53 Å². The van der Waals surface area contributed by atoms with Crippen LogP contribution >= 0.6 is 0 Å². The van der Waals surface area contributed by atoms with Gasteiger partial charge in [0.2, 0.25) is 0 Å². The molecular formula is H5BFKO4. The summed E-state index contributed by atoms with van der Waals surface area (Å²) in [6.45, 7) is 0. The van der Waals surface area contributed by atoms with Crippen molar-refractivity contribution in [1.82, 2.24) is 0 Å². The first-order valence-electron chi connectivity index (χ1n) is 0.944. The summed E-state index contributed by atoms with van der Waals surface area (Å²) in [6, 6.07) is 0. The van der Waals surface area contributed by atoms with E-state index in [1.807, 2.05) is 0 Å². The molecule has 0 saturated carbocycles. The molecule has 0 aliphatic heterocycles. The van der Waals surface area contributed by atoms with E-state index in [1.54, 1.807) is 0 Å². The minimum Gasteiger partial charge on any atom is -1.00 e. The Hall–Kier alpha value is 1.47. The molecule has 4 N–H and O–H groups in total. The first kappa shape index (κ1) is 15.8. The van der Waals surface area contributed by atoms with Gasteiger partial charge in [-0.05, 0) is 0 Å². The fraction of sp³-hybridized carbons (Fsp3) is 0. The average molecular weight is 138 g/mol. The minimum atomic E-state index is -2.17. The summed E-state index contributed by atoms with van der Waals surface area (Å²) in [4.78, 5) is 0. The molecule has 0 unspecified atom stereocenters. The van der Waals surface area contributed by atoms with Crippen LogP contribution in [-0.2, 0) is 0 Å². The summed E-state index contributed by atoms with van der Waals surface area (Å²) in [6.07, 6.45) is 0. The van der Waals surface area contributed by atoms with E-state index < -0.39 is 7.32 Å². The second-order valence-corrected chi connectivity index (χ2v) is 0.346. The van der Waals surface area contributed by atoms with E-state index >= 15 is 0 Å². The van der Waals surface area contributed by atoms with Crippen LogP contribution in [0.25, 0.3) is 0 Å². The van der Waals surface area contributed by atoms with Gasteiger partial charge in [-0.1, -0.05) is 4.53 Å². The van der Waals surface area contributed by atoms with E-state index in [0.29, 0.717) is 0 Å². The molecule has 40 valence electrons. The molecule has 0 fully saturated rings. The molecule has 0 amide bonds. The third-order valence-electron chi connectivity index (χ3n) is 0. The molecule has 0 radical (unpaired) electrons. The molecule has 0 aliphatic rings. The van der Waals surface area contributed by atoms with Gasteiger partial charge in [0.1, 0.15) is 0 Å². The zero-order valence-electron chi connectivity index (χ0n) is 4.74. The Morgan fingerprint density at radius 2 is 1.14 bits per heavy atom. The van der Waals surface area contributed by atoms with Crippen molar-refractivity contribution in [2.75, 3.05) is 0 Å². The molecule has 0 heterocycles. The van der Waals surface area contributed by atoms with Crippen molar-refractivity contribution in [1.29, 1.82) is 0 Å². The predicted molar refractivity (Wildman–Crippen MR) is 16.8 cm³/mol. The van der Waals surface area contributed by atoms with Crippen molar-refractivity contribution in [3.63, 3.8) is 0 Å². The Bertz CT molecular complexity index is 20.8. The van der Waals surface area contributed by atoms with E-state index in [4.69, 9.17) is 24.9 Å². The molecule has 0 aromatic heterocycles. The van der Waals surface area contributed by atoms with Crippen molar-refractivity contribution < 1.29 is 77.7 Å². The first-order chi connectivity index (χ1) is 2.73. The summed E-state index contributed by atoms with van der Waals surface area (Å²) in [7, 11) is -2.17. The Kier molecular flexibility index (Phi) is 35.3. The number of hydrogen-bond donors (Lipinski definition) is 4. The van der Waals surface area contributed by atoms with Gasteiger partial charge in [0.05, 0.1) is 0 Å². The van der Waals surface area contributed by atoms with Crippen LogP contribution in [-0.4, -0.2) is 27.7 Å². The van der Waals surface area contributed by atoms with Crippen LogP contribution in [0.3, 0.4) is 0 Å². The fourth-order valence-corrected chi connectivity index (χ4v) is 0. The summed E-state index contributed by atoms with van der Waals surface area (Å²) in [5, 5.41) is 27.0. The van der Waals surface area contributed by atoms with Crippen LogP contribution in [0.15, 0.2) is 0 Å². The smallest absolute Gasteiger partial charge is 1.00 e. The molecule has 4 nitrogen and oxygen atoms in total. The van der Waals surface area contributed by atoms with Gasteiger partial charge in [0.15, 0.2) is 0 Å². The molecule has 0 aromatic carbocycles. The van der Waals surface area contributed by atoms with Gasteiger partial charge in [-0.2, -0.15) is 0 Å². The Morgan fingerprint density at radius 1 is 1.14 bits per heavy atom. The van der Waals surface area contributed by atoms with Crippen molar-refractivity contribution in [2.45, 2.75) is 0 Å². The van der Waals surface area contributed by atoms with E-state index in [2.05, 4.69) is 0 Å². The zero-order valence-corrected chi connectivity index (χ0v) is 6.87. The average Bonchev–Trinajstić information content (AvgIpc) is 1.41. The monoisotopic (exact) mass is 138 g/mol. The topological polar surface area (TPSA) is 80.9 Å². The van der Waals surface area contributed by atoms with Crippen LogP contribution in [0.1, 0.15) is 1.43 Å². The zero-order chi connectivity index (χ0) is 5.58. The molecular weight excluding hydrogens is 133 g/mol. The second-order valence-electron chi connectivity index (χ2n) is 0.346.